The highest BCUT2D eigenvalue weighted by atomic mass is 32.1. The van der Waals surface area contributed by atoms with Crippen molar-refractivity contribution in [1.82, 2.24) is 19.7 Å². The number of nitrogens with zero attached hydrogens (tertiary/aromatic N) is 5. The predicted octanol–water partition coefficient (Wildman–Crippen LogP) is 2.09. The van der Waals surface area contributed by atoms with E-state index in [9.17, 15) is 13.6 Å². The van der Waals surface area contributed by atoms with E-state index in [2.05, 4.69) is 19.8 Å². The van der Waals surface area contributed by atoms with Crippen LogP contribution in [-0.2, 0) is 9.47 Å². The van der Waals surface area contributed by atoms with Crippen molar-refractivity contribution < 1.29 is 23.0 Å². The van der Waals surface area contributed by atoms with Crippen LogP contribution in [0.25, 0.3) is 5.57 Å². The first kappa shape index (κ1) is 19.5. The molecule has 9 nitrogen and oxygen atoms in total. The first-order valence-corrected chi connectivity index (χ1v) is 9.54. The van der Waals surface area contributed by atoms with Crippen molar-refractivity contribution in [3.63, 3.8) is 0 Å². The maximum Gasteiger partial charge on any atom is 0.508 e. The zero-order valence-electron chi connectivity index (χ0n) is 15.4. The second kappa shape index (κ2) is 7.52. The van der Waals surface area contributed by atoms with Crippen LogP contribution in [0.1, 0.15) is 23.5 Å². The molecule has 1 unspecified atom stereocenters. The fraction of sp³-hybridized carbons (Fsp3) is 0.412. The molecule has 1 atom stereocenters. The van der Waals surface area contributed by atoms with Gasteiger partial charge in [-0.3, -0.25) is 4.99 Å². The molecule has 0 aliphatic carbocycles. The van der Waals surface area contributed by atoms with Gasteiger partial charge in [-0.25, -0.2) is 14.5 Å². The lowest BCUT2D eigenvalue weighted by Crippen LogP contribution is -2.48. The fourth-order valence-corrected chi connectivity index (χ4v) is 4.08. The molecule has 12 heteroatoms. The second-order valence-corrected chi connectivity index (χ2v) is 7.65. The SMILES string of the molecule is COC(=O)OCC1(N)CC2=C(c3cnn(C(F)F)c3)CN=C(c3nccs3)N2C1. The van der Waals surface area contributed by atoms with Crippen LogP contribution < -0.4 is 5.73 Å². The molecule has 0 aromatic carbocycles. The molecule has 4 rings (SSSR count). The minimum Gasteiger partial charge on any atom is -0.438 e. The van der Waals surface area contributed by atoms with Gasteiger partial charge in [0.2, 0.25) is 0 Å². The summed E-state index contributed by atoms with van der Waals surface area (Å²) in [5.74, 6) is 0.658. The number of aliphatic imine (C=N–C) groups is 1. The molecule has 0 amide bonds. The Hall–Kier alpha value is -2.86. The summed E-state index contributed by atoms with van der Waals surface area (Å²) < 4.78 is 36.1. The van der Waals surface area contributed by atoms with Crippen LogP contribution in [0.5, 0.6) is 0 Å². The predicted molar refractivity (Wildman–Crippen MR) is 101 cm³/mol. The first-order chi connectivity index (χ1) is 13.9. The number of aromatic nitrogens is 3. The Morgan fingerprint density at radius 2 is 2.31 bits per heavy atom. The van der Waals surface area contributed by atoms with E-state index in [1.54, 1.807) is 6.20 Å². The van der Waals surface area contributed by atoms with Crippen LogP contribution in [-0.4, -0.2) is 64.0 Å². The molecule has 1 fully saturated rings. The van der Waals surface area contributed by atoms with Crippen molar-refractivity contribution in [2.75, 3.05) is 26.8 Å². The molecule has 4 heterocycles. The van der Waals surface area contributed by atoms with Crippen LogP contribution in [0, 0.1) is 0 Å². The van der Waals surface area contributed by atoms with Gasteiger partial charge in [-0.2, -0.15) is 13.9 Å². The van der Waals surface area contributed by atoms with E-state index < -0.39 is 18.2 Å². The molecular formula is C17H18F2N6O3S. The lowest BCUT2D eigenvalue weighted by Gasteiger charge is -2.28. The van der Waals surface area contributed by atoms with Gasteiger partial charge in [0.1, 0.15) is 6.61 Å². The highest BCUT2D eigenvalue weighted by Gasteiger charge is 2.44. The number of fused-ring (bicyclic) bond motifs is 1. The molecule has 2 aliphatic rings. The van der Waals surface area contributed by atoms with E-state index >= 15 is 0 Å². The zero-order valence-corrected chi connectivity index (χ0v) is 16.2. The highest BCUT2D eigenvalue weighted by Crippen LogP contribution is 2.38. The van der Waals surface area contributed by atoms with Gasteiger partial charge in [-0.05, 0) is 0 Å². The number of hydrogen-bond acceptors (Lipinski definition) is 9. The maximum absolute atomic E-state index is 13.0. The first-order valence-electron chi connectivity index (χ1n) is 8.66. The van der Waals surface area contributed by atoms with Crippen molar-refractivity contribution >= 4 is 28.9 Å². The summed E-state index contributed by atoms with van der Waals surface area (Å²) in [6, 6.07) is 0. The number of carbonyl (C=O) groups excluding carboxylic acids is 1. The Morgan fingerprint density at radius 1 is 1.48 bits per heavy atom. The molecule has 2 N–H and O–H groups in total. The normalized spacial score (nSPS) is 21.4. The lowest BCUT2D eigenvalue weighted by atomic mass is 9.97. The summed E-state index contributed by atoms with van der Waals surface area (Å²) in [4.78, 5) is 22.2. The highest BCUT2D eigenvalue weighted by molar-refractivity contribution is 7.11. The Bertz CT molecular complexity index is 974. The van der Waals surface area contributed by atoms with Gasteiger partial charge in [-0.1, -0.05) is 0 Å². The van der Waals surface area contributed by atoms with Crippen LogP contribution in [0.4, 0.5) is 13.6 Å². The van der Waals surface area contributed by atoms with Gasteiger partial charge in [0.05, 0.1) is 25.4 Å². The van der Waals surface area contributed by atoms with Crippen molar-refractivity contribution in [3.05, 3.63) is 40.2 Å². The Labute approximate surface area is 168 Å². The van der Waals surface area contributed by atoms with Gasteiger partial charge in [0.25, 0.3) is 0 Å². The molecule has 2 aromatic rings. The number of hydrogen-bond donors (Lipinski definition) is 1. The Balaban J connectivity index is 1.69. The minimum absolute atomic E-state index is 0.0611. The van der Waals surface area contributed by atoms with Crippen molar-refractivity contribution in [2.24, 2.45) is 10.7 Å². The number of amidine groups is 1. The maximum atomic E-state index is 13.0. The Kier molecular flexibility index (Phi) is 5.04. The van der Waals surface area contributed by atoms with Crippen LogP contribution >= 0.6 is 11.3 Å². The molecule has 2 aromatic heterocycles. The quantitative estimate of drug-likeness (QED) is 0.732. The topological polar surface area (TPSA) is 108 Å². The number of halogens is 2. The fourth-order valence-electron chi connectivity index (χ4n) is 3.43. The van der Waals surface area contributed by atoms with Crippen LogP contribution in [0.15, 0.2) is 34.7 Å². The number of alkyl halides is 2. The van der Waals surface area contributed by atoms with Gasteiger partial charge >= 0.3 is 12.7 Å². The van der Waals surface area contributed by atoms with E-state index in [0.29, 0.717) is 29.0 Å². The summed E-state index contributed by atoms with van der Waals surface area (Å²) in [6.45, 7) is -2.18. The average Bonchev–Trinajstić information content (AvgIpc) is 3.44. The van der Waals surface area contributed by atoms with Crippen molar-refractivity contribution in [1.29, 1.82) is 0 Å². The smallest absolute Gasteiger partial charge is 0.438 e. The molecule has 0 bridgehead atoms. The van der Waals surface area contributed by atoms with E-state index in [1.165, 1.54) is 30.8 Å². The van der Waals surface area contributed by atoms with E-state index in [4.69, 9.17) is 10.5 Å². The number of methoxy groups -OCH3 is 1. The van der Waals surface area contributed by atoms with Gasteiger partial charge in [-0.15, -0.1) is 11.3 Å². The third-order valence-electron chi connectivity index (χ3n) is 4.73. The molecule has 2 aliphatic heterocycles. The van der Waals surface area contributed by atoms with Crippen LogP contribution in [0.2, 0.25) is 0 Å². The lowest BCUT2D eigenvalue weighted by molar-refractivity contribution is 0.0556. The van der Waals surface area contributed by atoms with E-state index in [-0.39, 0.29) is 13.2 Å². The number of ether oxygens (including phenoxy) is 2. The molecule has 29 heavy (non-hydrogen) atoms. The summed E-state index contributed by atoms with van der Waals surface area (Å²) in [7, 11) is 1.22. The monoisotopic (exact) mass is 424 g/mol. The van der Waals surface area contributed by atoms with Gasteiger partial charge < -0.3 is 20.1 Å². The molecule has 1 saturated heterocycles. The van der Waals surface area contributed by atoms with Gasteiger partial charge in [0, 0.05) is 47.6 Å². The summed E-state index contributed by atoms with van der Waals surface area (Å²) in [5.41, 5.74) is 7.74. The number of nitrogens with two attached hydrogens (primary N) is 1. The molecular weight excluding hydrogens is 406 g/mol. The third-order valence-corrected chi connectivity index (χ3v) is 5.50. The third kappa shape index (κ3) is 3.72. The summed E-state index contributed by atoms with van der Waals surface area (Å²) in [6.07, 6.45) is 3.90. The molecule has 0 saturated carbocycles. The van der Waals surface area contributed by atoms with Crippen LogP contribution in [0.3, 0.4) is 0 Å². The number of rotatable bonds is 5. The summed E-state index contributed by atoms with van der Waals surface area (Å²) >= 11 is 1.44. The molecule has 0 spiro atoms. The Morgan fingerprint density at radius 3 is 2.97 bits per heavy atom. The average molecular weight is 424 g/mol. The number of thiazole rings is 1. The number of carbonyl (C=O) groups is 1. The largest absolute Gasteiger partial charge is 0.508 e. The molecule has 154 valence electrons. The minimum atomic E-state index is -2.73. The van der Waals surface area contributed by atoms with E-state index in [1.807, 2.05) is 10.3 Å². The summed E-state index contributed by atoms with van der Waals surface area (Å²) in [5, 5.41) is 6.29. The zero-order chi connectivity index (χ0) is 20.6. The second-order valence-electron chi connectivity index (χ2n) is 6.76. The standard InChI is InChI=1S/C17H18F2N6O3S/c1-27-16(26)28-9-17(20)4-12-11(10-5-23-25(7-10)15(18)19)6-22-13(24(12)8-17)14-21-2-3-29-14/h2-3,5,7,15H,4,6,8-9,20H2,1H3. The van der Waals surface area contributed by atoms with Crippen molar-refractivity contribution in [3.8, 4) is 0 Å². The van der Waals surface area contributed by atoms with Gasteiger partial charge in [0.15, 0.2) is 10.8 Å². The molecule has 0 radical (unpaired) electrons. The van der Waals surface area contributed by atoms with Crippen molar-refractivity contribution in [2.45, 2.75) is 18.5 Å². The van der Waals surface area contributed by atoms with E-state index in [0.717, 1.165) is 16.3 Å².